The minimum absolute atomic E-state index is 0. The van der Waals surface area contributed by atoms with E-state index in [1.807, 2.05) is 6.07 Å². The lowest BCUT2D eigenvalue weighted by Crippen LogP contribution is -2.35. The van der Waals surface area contributed by atoms with Crippen molar-refractivity contribution in [2.24, 2.45) is 0 Å². The lowest BCUT2D eigenvalue weighted by atomic mass is 9.77. The normalized spacial score (nSPS) is 18.5. The van der Waals surface area contributed by atoms with Gasteiger partial charge < -0.3 is 15.7 Å². The number of rotatable bonds is 0. The quantitative estimate of drug-likeness (QED) is 0.732. The van der Waals surface area contributed by atoms with Crippen LogP contribution in [0.25, 0.3) is 11.1 Å². The van der Waals surface area contributed by atoms with Crippen LogP contribution >= 0.6 is 12.4 Å². The van der Waals surface area contributed by atoms with Crippen LogP contribution in [0.4, 0.5) is 0 Å². The molecule has 1 atom stereocenters. The van der Waals surface area contributed by atoms with Crippen molar-refractivity contribution in [2.75, 3.05) is 13.6 Å². The molecule has 2 aromatic carbocycles. The monoisotopic (exact) mass is 321 g/mol. The number of phenolic OH excluding ortho intramolecular Hbond substituents is 2. The Bertz CT molecular complexity index is 717. The number of likely N-dealkylation sites (N-methyl/N-ethyl adjacent to an activating group) is 1. The number of hydrogen-bond acceptors (Lipinski definition) is 3. The highest BCUT2D eigenvalue weighted by atomic mass is 35.5. The Morgan fingerprint density at radius 1 is 1.09 bits per heavy atom. The van der Waals surface area contributed by atoms with E-state index in [0.717, 1.165) is 36.1 Å². The fourth-order valence-corrected chi connectivity index (χ4v) is 3.67. The molecule has 118 valence electrons. The molecular formula is C17H20ClNO3. The van der Waals surface area contributed by atoms with E-state index in [9.17, 15) is 10.2 Å². The maximum atomic E-state index is 10.3. The molecule has 22 heavy (non-hydrogen) atoms. The van der Waals surface area contributed by atoms with Crippen molar-refractivity contribution in [2.45, 2.75) is 18.9 Å². The van der Waals surface area contributed by atoms with Gasteiger partial charge in [-0.25, -0.2) is 0 Å². The number of nitrogens with zero attached hydrogens (tertiary/aromatic N) is 1. The summed E-state index contributed by atoms with van der Waals surface area (Å²) in [7, 11) is 2.16. The molecule has 1 aliphatic carbocycles. The number of fused-ring (bicyclic) bond motifs is 2. The van der Waals surface area contributed by atoms with Crippen LogP contribution in [0.15, 0.2) is 30.3 Å². The molecule has 1 heterocycles. The Balaban J connectivity index is 0.000000882. The Hall–Kier alpha value is -1.75. The van der Waals surface area contributed by atoms with Crippen molar-refractivity contribution in [3.63, 3.8) is 0 Å². The van der Waals surface area contributed by atoms with E-state index < -0.39 is 0 Å². The summed E-state index contributed by atoms with van der Waals surface area (Å²) < 4.78 is 0. The summed E-state index contributed by atoms with van der Waals surface area (Å²) in [6.45, 7) is 1.07. The Labute approximate surface area is 135 Å². The fourth-order valence-electron chi connectivity index (χ4n) is 3.67. The minimum atomic E-state index is -0.0380. The first-order chi connectivity index (χ1) is 9.66. The third-order valence-corrected chi connectivity index (χ3v) is 4.72. The van der Waals surface area contributed by atoms with E-state index in [-0.39, 0.29) is 29.4 Å². The molecule has 0 fully saturated rings. The second-order valence-corrected chi connectivity index (χ2v) is 5.80. The van der Waals surface area contributed by atoms with Crippen LogP contribution in [0.2, 0.25) is 0 Å². The van der Waals surface area contributed by atoms with Crippen molar-refractivity contribution >= 4 is 12.4 Å². The standard InChI is InChI=1S/C17H17NO2.ClH.H2O/c1-18-8-7-10-3-2-4-12-15(10)13(18)9-11-5-6-14(19)17(20)16(11)12;;/h2-6,13,19-20H,7-9H2,1H3;1H;1H2. The summed E-state index contributed by atoms with van der Waals surface area (Å²) in [5, 5.41) is 20.1. The first-order valence-electron chi connectivity index (χ1n) is 7.03. The molecule has 4 nitrogen and oxygen atoms in total. The zero-order valence-electron chi connectivity index (χ0n) is 12.3. The lowest BCUT2D eigenvalue weighted by Gasteiger charge is -2.39. The van der Waals surface area contributed by atoms with Crippen LogP contribution in [0, 0.1) is 0 Å². The van der Waals surface area contributed by atoms with Gasteiger partial charge in [0.05, 0.1) is 0 Å². The molecule has 0 saturated heterocycles. The topological polar surface area (TPSA) is 75.2 Å². The van der Waals surface area contributed by atoms with E-state index in [2.05, 4.69) is 30.1 Å². The van der Waals surface area contributed by atoms with Crippen molar-refractivity contribution in [3.8, 4) is 22.6 Å². The van der Waals surface area contributed by atoms with Crippen LogP contribution in [0.1, 0.15) is 22.7 Å². The second kappa shape index (κ2) is 5.80. The van der Waals surface area contributed by atoms with Gasteiger partial charge in [0.2, 0.25) is 0 Å². The third-order valence-electron chi connectivity index (χ3n) is 4.72. The average molecular weight is 322 g/mol. The Morgan fingerprint density at radius 2 is 1.86 bits per heavy atom. The molecule has 2 aromatic rings. The maximum absolute atomic E-state index is 10.3. The predicted molar refractivity (Wildman–Crippen MR) is 88.8 cm³/mol. The summed E-state index contributed by atoms with van der Waals surface area (Å²) in [6, 6.07) is 10.2. The van der Waals surface area contributed by atoms with Crippen molar-refractivity contribution in [1.82, 2.24) is 4.90 Å². The summed E-state index contributed by atoms with van der Waals surface area (Å²) in [5.41, 5.74) is 5.71. The fraction of sp³-hybridized carbons (Fsp3) is 0.294. The molecule has 2 aliphatic rings. The van der Waals surface area contributed by atoms with Crippen LogP contribution in [0.3, 0.4) is 0 Å². The van der Waals surface area contributed by atoms with Crippen molar-refractivity contribution < 1.29 is 15.7 Å². The Morgan fingerprint density at radius 3 is 2.64 bits per heavy atom. The molecule has 1 unspecified atom stereocenters. The van der Waals surface area contributed by atoms with Crippen LogP contribution in [-0.2, 0) is 12.8 Å². The summed E-state index contributed by atoms with van der Waals surface area (Å²) in [5.74, 6) is -0.0217. The third kappa shape index (κ3) is 2.15. The molecule has 0 radical (unpaired) electrons. The van der Waals surface area contributed by atoms with Gasteiger partial charge in [-0.1, -0.05) is 24.3 Å². The van der Waals surface area contributed by atoms with Crippen LogP contribution in [-0.4, -0.2) is 34.2 Å². The van der Waals surface area contributed by atoms with Crippen molar-refractivity contribution in [1.29, 1.82) is 0 Å². The van der Waals surface area contributed by atoms with Gasteiger partial charge in [-0.05, 0) is 48.2 Å². The summed E-state index contributed by atoms with van der Waals surface area (Å²) >= 11 is 0. The van der Waals surface area contributed by atoms with Gasteiger partial charge >= 0.3 is 0 Å². The maximum Gasteiger partial charge on any atom is 0.165 e. The molecule has 0 spiro atoms. The zero-order chi connectivity index (χ0) is 13.9. The molecule has 0 saturated carbocycles. The minimum Gasteiger partial charge on any atom is -0.504 e. The van der Waals surface area contributed by atoms with Gasteiger partial charge in [0, 0.05) is 18.2 Å². The molecule has 1 aliphatic heterocycles. The molecule has 0 bridgehead atoms. The van der Waals surface area contributed by atoms with E-state index in [0.29, 0.717) is 6.04 Å². The molecule has 5 heteroatoms. The lowest BCUT2D eigenvalue weighted by molar-refractivity contribution is 0.228. The predicted octanol–water partition coefficient (Wildman–Crippen LogP) is 2.45. The molecule has 4 N–H and O–H groups in total. The zero-order valence-corrected chi connectivity index (χ0v) is 13.2. The number of benzene rings is 2. The van der Waals surface area contributed by atoms with Crippen molar-refractivity contribution in [3.05, 3.63) is 47.0 Å². The molecule has 0 amide bonds. The van der Waals surface area contributed by atoms with Gasteiger partial charge in [-0.3, -0.25) is 4.90 Å². The van der Waals surface area contributed by atoms with Gasteiger partial charge in [0.15, 0.2) is 11.5 Å². The van der Waals surface area contributed by atoms with Crippen LogP contribution in [0.5, 0.6) is 11.5 Å². The SMILES string of the molecule is CN1CCc2cccc3c2C1Cc1ccc(O)c(O)c1-3.Cl.O. The average Bonchev–Trinajstić information content (AvgIpc) is 2.46. The Kier molecular flexibility index (Phi) is 4.38. The smallest absolute Gasteiger partial charge is 0.165 e. The highest BCUT2D eigenvalue weighted by Gasteiger charge is 2.33. The van der Waals surface area contributed by atoms with Gasteiger partial charge in [0.1, 0.15) is 0 Å². The largest absolute Gasteiger partial charge is 0.504 e. The number of halogens is 1. The highest BCUT2D eigenvalue weighted by molar-refractivity contribution is 5.85. The first kappa shape index (κ1) is 16.6. The first-order valence-corrected chi connectivity index (χ1v) is 7.03. The number of hydrogen-bond donors (Lipinski definition) is 2. The second-order valence-electron chi connectivity index (χ2n) is 5.80. The summed E-state index contributed by atoms with van der Waals surface area (Å²) in [4.78, 5) is 2.39. The number of aromatic hydroxyl groups is 2. The van der Waals surface area contributed by atoms with E-state index in [1.54, 1.807) is 6.07 Å². The van der Waals surface area contributed by atoms with Crippen LogP contribution < -0.4 is 0 Å². The van der Waals surface area contributed by atoms with E-state index in [4.69, 9.17) is 0 Å². The van der Waals surface area contributed by atoms with Gasteiger partial charge in [-0.15, -0.1) is 12.4 Å². The van der Waals surface area contributed by atoms with E-state index >= 15 is 0 Å². The summed E-state index contributed by atoms with van der Waals surface area (Å²) in [6.07, 6.45) is 1.94. The highest BCUT2D eigenvalue weighted by Crippen LogP contribution is 2.49. The van der Waals surface area contributed by atoms with E-state index in [1.165, 1.54) is 11.1 Å². The van der Waals surface area contributed by atoms with Gasteiger partial charge in [-0.2, -0.15) is 0 Å². The molecule has 0 aromatic heterocycles. The number of phenols is 2. The molecular weight excluding hydrogens is 302 g/mol. The molecule has 4 rings (SSSR count). The van der Waals surface area contributed by atoms with Gasteiger partial charge in [0.25, 0.3) is 0 Å².